The van der Waals surface area contributed by atoms with E-state index in [1.165, 1.54) is 0 Å². The molecule has 49 heavy (non-hydrogen) atoms. The van der Waals surface area contributed by atoms with Crippen molar-refractivity contribution in [2.75, 3.05) is 21.2 Å². The number of esters is 1. The largest absolute Gasteiger partial charge is 0.462 e. The number of aliphatic hydroxyl groups excluding tert-OH is 3. The van der Waals surface area contributed by atoms with E-state index in [0.29, 0.717) is 12.8 Å². The number of ether oxygens (including phenoxy) is 7. The Morgan fingerprint density at radius 3 is 2.08 bits per heavy atom. The second kappa shape index (κ2) is 15.2. The van der Waals surface area contributed by atoms with Crippen molar-refractivity contribution in [1.82, 2.24) is 4.90 Å². The maximum atomic E-state index is 14.1. The van der Waals surface area contributed by atoms with Gasteiger partial charge in [0.1, 0.15) is 18.3 Å². The summed E-state index contributed by atoms with van der Waals surface area (Å²) in [5.41, 5.74) is -2.65. The molecule has 286 valence electrons. The number of hydrogen-bond acceptors (Lipinski definition) is 12. The lowest BCUT2D eigenvalue weighted by Crippen LogP contribution is -2.60. The molecule has 0 aromatic rings. The number of methoxy groups -OCH3 is 1. The van der Waals surface area contributed by atoms with Crippen molar-refractivity contribution in [3.05, 3.63) is 0 Å². The second-order valence-electron chi connectivity index (χ2n) is 17.1. The molecule has 0 radical (unpaired) electrons. The third kappa shape index (κ3) is 8.04. The molecule has 4 saturated heterocycles. The van der Waals surface area contributed by atoms with Gasteiger partial charge in [-0.1, -0.05) is 34.6 Å². The highest BCUT2D eigenvalue weighted by Crippen LogP contribution is 2.48. The highest BCUT2D eigenvalue weighted by molar-refractivity contribution is 5.73. The average molecular weight is 702 g/mol. The summed E-state index contributed by atoms with van der Waals surface area (Å²) < 4.78 is 45.1. The van der Waals surface area contributed by atoms with Crippen LogP contribution in [-0.4, -0.2) is 132 Å². The van der Waals surface area contributed by atoms with Crippen molar-refractivity contribution in [2.24, 2.45) is 29.1 Å². The Kier molecular flexibility index (Phi) is 12.7. The van der Waals surface area contributed by atoms with Gasteiger partial charge in [0.15, 0.2) is 12.6 Å². The van der Waals surface area contributed by atoms with E-state index in [4.69, 9.17) is 33.2 Å². The summed E-state index contributed by atoms with van der Waals surface area (Å²) >= 11 is 0. The van der Waals surface area contributed by atoms with Crippen molar-refractivity contribution < 1.29 is 53.3 Å². The minimum Gasteiger partial charge on any atom is -0.462 e. The van der Waals surface area contributed by atoms with Crippen LogP contribution in [0.3, 0.4) is 0 Å². The van der Waals surface area contributed by atoms with Crippen LogP contribution in [-0.2, 0) is 38.0 Å². The summed E-state index contributed by atoms with van der Waals surface area (Å²) in [4.78, 5) is 16.1. The Morgan fingerprint density at radius 2 is 1.49 bits per heavy atom. The number of hydrogen-bond donors (Lipinski definition) is 3. The summed E-state index contributed by atoms with van der Waals surface area (Å²) in [6, 6.07) is -0.196. The summed E-state index contributed by atoms with van der Waals surface area (Å²) in [5.74, 6) is -2.04. The molecule has 4 heterocycles. The van der Waals surface area contributed by atoms with Gasteiger partial charge in [0.2, 0.25) is 0 Å². The van der Waals surface area contributed by atoms with E-state index < -0.39 is 89.7 Å². The molecule has 0 aromatic carbocycles. The summed E-state index contributed by atoms with van der Waals surface area (Å²) in [6.07, 6.45) is -6.28. The molecule has 12 heteroatoms. The first-order chi connectivity index (χ1) is 22.6. The maximum Gasteiger partial charge on any atom is 0.311 e. The Balaban J connectivity index is 1.82. The lowest BCUT2D eigenvalue weighted by atomic mass is 9.72. The molecular formula is C37H67NO11. The van der Waals surface area contributed by atoms with E-state index >= 15 is 0 Å². The van der Waals surface area contributed by atoms with Crippen molar-refractivity contribution in [3.8, 4) is 0 Å². The molecule has 4 aliphatic heterocycles. The molecule has 0 saturated carbocycles. The SMILES string of the molecule is COC1(C)CC(OC2[C@H](C)C(OC3O[C@H](C)CC(N(C)C)C3O)C3(C)CC(C)C(O3)[C@H](C)C(O)C(C)(C)C(C)OC(=O)[C@@H]2C)O[C@@H](C)C1O. The lowest BCUT2D eigenvalue weighted by Gasteiger charge is -2.48. The first-order valence-electron chi connectivity index (χ1n) is 18.3. The molecule has 3 N–H and O–H groups in total. The van der Waals surface area contributed by atoms with Crippen molar-refractivity contribution in [1.29, 1.82) is 0 Å². The quantitative estimate of drug-likeness (QED) is 0.349. The van der Waals surface area contributed by atoms with Crippen LogP contribution in [0.5, 0.6) is 0 Å². The van der Waals surface area contributed by atoms with Gasteiger partial charge in [0.05, 0.1) is 53.7 Å². The molecule has 0 spiro atoms. The molecule has 0 aliphatic carbocycles. The van der Waals surface area contributed by atoms with E-state index in [0.717, 1.165) is 0 Å². The molecule has 12 nitrogen and oxygen atoms in total. The minimum absolute atomic E-state index is 0.0541. The summed E-state index contributed by atoms with van der Waals surface area (Å²) in [7, 11) is 5.41. The fourth-order valence-corrected chi connectivity index (χ4v) is 8.97. The molecular weight excluding hydrogens is 634 g/mol. The van der Waals surface area contributed by atoms with Crippen molar-refractivity contribution in [2.45, 2.75) is 180 Å². The molecule has 0 amide bonds. The van der Waals surface area contributed by atoms with Crippen molar-refractivity contribution in [3.63, 3.8) is 0 Å². The Morgan fingerprint density at radius 1 is 0.857 bits per heavy atom. The van der Waals surface area contributed by atoms with E-state index in [2.05, 4.69) is 6.92 Å². The highest BCUT2D eigenvalue weighted by Gasteiger charge is 2.57. The molecule has 13 unspecified atom stereocenters. The fraction of sp³-hybridized carbons (Fsp3) is 0.973. The van der Waals surface area contributed by atoms with Crippen LogP contribution < -0.4 is 0 Å². The third-order valence-electron chi connectivity index (χ3n) is 12.6. The maximum absolute atomic E-state index is 14.1. The second-order valence-corrected chi connectivity index (χ2v) is 17.1. The molecule has 18 atom stereocenters. The van der Waals surface area contributed by atoms with Gasteiger partial charge in [-0.15, -0.1) is 0 Å². The minimum atomic E-state index is -0.975. The first-order valence-corrected chi connectivity index (χ1v) is 18.3. The van der Waals surface area contributed by atoms with E-state index in [9.17, 15) is 20.1 Å². The van der Waals surface area contributed by atoms with Crippen LogP contribution in [0, 0.1) is 29.1 Å². The molecule has 0 aromatic heterocycles. The zero-order valence-electron chi connectivity index (χ0n) is 32.4. The number of nitrogens with zero attached hydrogens (tertiary/aromatic N) is 1. The van der Waals surface area contributed by atoms with Gasteiger partial charge in [0, 0.05) is 36.8 Å². The van der Waals surface area contributed by atoms with Crippen LogP contribution in [0.15, 0.2) is 0 Å². The number of cyclic esters (lactones) is 1. The van der Waals surface area contributed by atoms with Crippen LogP contribution >= 0.6 is 0 Å². The van der Waals surface area contributed by atoms with Gasteiger partial charge in [-0.3, -0.25) is 4.79 Å². The van der Waals surface area contributed by atoms with Crippen molar-refractivity contribution >= 4 is 5.97 Å². The number of likely N-dealkylation sites (N-methyl/N-ethyl adjacent to an activating group) is 1. The predicted octanol–water partition coefficient (Wildman–Crippen LogP) is 3.51. The Bertz CT molecular complexity index is 1120. The lowest BCUT2D eigenvalue weighted by molar-refractivity contribution is -0.318. The number of carbonyl (C=O) groups excluding carboxylic acids is 1. The standard InChI is InChI=1S/C37H67NO11/c1-18-16-37(11)32(48-34-27(39)25(38(12)13)15-19(2)44-34)21(4)29(47-26-17-36(10,43-14)31(41)23(6)45-26)22(5)33(42)46-24(7)35(8,9)30(40)20(3)28(18)49-37/h18-32,34,39-41H,15-17H2,1-14H3/t18?,19-,20+,21+,22-,23+,24?,25?,26?,27?,28?,29?,30?,31?,32?,34?,36?,37?/m1/s1. The van der Waals surface area contributed by atoms with Gasteiger partial charge in [-0.05, 0) is 74.4 Å². The van der Waals surface area contributed by atoms with Gasteiger partial charge in [-0.25, -0.2) is 0 Å². The molecule has 2 bridgehead atoms. The first kappa shape index (κ1) is 40.8. The Hall–Kier alpha value is -0.930. The Labute approximate surface area is 294 Å². The summed E-state index contributed by atoms with van der Waals surface area (Å²) in [5, 5.41) is 34.3. The number of rotatable bonds is 6. The molecule has 4 rings (SSSR count). The van der Waals surface area contributed by atoms with Crippen LogP contribution in [0.4, 0.5) is 0 Å². The van der Waals surface area contributed by atoms with Gasteiger partial charge < -0.3 is 53.4 Å². The van der Waals surface area contributed by atoms with E-state index in [1.54, 1.807) is 21.0 Å². The monoisotopic (exact) mass is 701 g/mol. The summed E-state index contributed by atoms with van der Waals surface area (Å²) in [6.45, 7) is 21.1. The number of fused-ring (bicyclic) bond motifs is 2. The third-order valence-corrected chi connectivity index (χ3v) is 12.6. The average Bonchev–Trinajstić information content (AvgIpc) is 3.34. The normalized spacial score (nSPS) is 51.4. The number of aliphatic hydroxyl groups is 3. The van der Waals surface area contributed by atoms with Crippen LogP contribution in [0.25, 0.3) is 0 Å². The molecule has 4 fully saturated rings. The van der Waals surface area contributed by atoms with Gasteiger partial charge >= 0.3 is 5.97 Å². The van der Waals surface area contributed by atoms with Crippen LogP contribution in [0.2, 0.25) is 0 Å². The van der Waals surface area contributed by atoms with Gasteiger partial charge in [0.25, 0.3) is 0 Å². The van der Waals surface area contributed by atoms with Gasteiger partial charge in [-0.2, -0.15) is 0 Å². The van der Waals surface area contributed by atoms with Crippen LogP contribution in [0.1, 0.15) is 95.4 Å². The highest BCUT2D eigenvalue weighted by atomic mass is 16.7. The topological polar surface area (TPSA) is 146 Å². The van der Waals surface area contributed by atoms with E-state index in [-0.39, 0.29) is 36.5 Å². The van der Waals surface area contributed by atoms with E-state index in [1.807, 2.05) is 74.4 Å². The predicted molar refractivity (Wildman–Crippen MR) is 182 cm³/mol. The molecule has 4 aliphatic rings. The zero-order chi connectivity index (χ0) is 37.0. The smallest absolute Gasteiger partial charge is 0.311 e. The fourth-order valence-electron chi connectivity index (χ4n) is 8.97. The number of carbonyl (C=O) groups is 1. The zero-order valence-corrected chi connectivity index (χ0v) is 32.4.